The van der Waals surface area contributed by atoms with Crippen LogP contribution in [0.5, 0.6) is 0 Å². The first kappa shape index (κ1) is 10.3. The highest BCUT2D eigenvalue weighted by atomic mass is 15.4. The summed E-state index contributed by atoms with van der Waals surface area (Å²) in [5, 5.41) is 13.2. The fourth-order valence-electron chi connectivity index (χ4n) is 1.51. The molecule has 80 valence electrons. The molecule has 0 N–H and O–H groups in total. The van der Waals surface area contributed by atoms with Gasteiger partial charge in [0.05, 0.1) is 5.56 Å². The van der Waals surface area contributed by atoms with E-state index >= 15 is 0 Å². The molecule has 2 heterocycles. The van der Waals surface area contributed by atoms with E-state index in [2.05, 4.69) is 21.1 Å². The Hall–Kier alpha value is -2.22. The Labute approximate surface area is 93.4 Å². The zero-order valence-corrected chi connectivity index (χ0v) is 9.39. The molecule has 0 saturated heterocycles. The number of nitrogens with zero attached hydrogens (tertiary/aromatic N) is 5. The predicted molar refractivity (Wildman–Crippen MR) is 58.1 cm³/mol. The monoisotopic (exact) mass is 213 g/mol. The van der Waals surface area contributed by atoms with Crippen LogP contribution >= 0.6 is 0 Å². The Kier molecular flexibility index (Phi) is 2.41. The van der Waals surface area contributed by atoms with Crippen LogP contribution in [0.2, 0.25) is 0 Å². The van der Waals surface area contributed by atoms with Crippen molar-refractivity contribution < 1.29 is 0 Å². The molecule has 16 heavy (non-hydrogen) atoms. The lowest BCUT2D eigenvalue weighted by Gasteiger charge is -2.04. The zero-order valence-electron chi connectivity index (χ0n) is 9.39. The fourth-order valence-corrected chi connectivity index (χ4v) is 1.51. The Bertz CT molecular complexity index is 577. The van der Waals surface area contributed by atoms with Gasteiger partial charge in [0.2, 0.25) is 0 Å². The summed E-state index contributed by atoms with van der Waals surface area (Å²) in [7, 11) is 0. The van der Waals surface area contributed by atoms with Crippen molar-refractivity contribution in [2.24, 2.45) is 0 Å². The van der Waals surface area contributed by atoms with Gasteiger partial charge >= 0.3 is 0 Å². The van der Waals surface area contributed by atoms with E-state index in [1.807, 2.05) is 20.8 Å². The van der Waals surface area contributed by atoms with Crippen molar-refractivity contribution in [1.29, 1.82) is 5.26 Å². The molecule has 0 aromatic carbocycles. The van der Waals surface area contributed by atoms with Crippen LogP contribution in [0.1, 0.15) is 22.9 Å². The molecule has 2 aromatic heterocycles. The lowest BCUT2D eigenvalue weighted by molar-refractivity contribution is 0.796. The van der Waals surface area contributed by atoms with Crippen molar-refractivity contribution in [1.82, 2.24) is 19.7 Å². The van der Waals surface area contributed by atoms with Gasteiger partial charge in [-0.15, -0.1) is 5.10 Å². The number of rotatable bonds is 1. The Morgan fingerprint density at radius 1 is 1.19 bits per heavy atom. The largest absolute Gasteiger partial charge is 0.233 e. The first-order valence-corrected chi connectivity index (χ1v) is 4.90. The minimum absolute atomic E-state index is 0.499. The Morgan fingerprint density at radius 2 is 1.94 bits per heavy atom. The average Bonchev–Trinajstić information content (AvgIpc) is 2.57. The van der Waals surface area contributed by atoms with Crippen molar-refractivity contribution >= 4 is 0 Å². The molecule has 2 rings (SSSR count). The molecule has 0 aliphatic rings. The quantitative estimate of drug-likeness (QED) is 0.719. The van der Waals surface area contributed by atoms with Gasteiger partial charge in [-0.1, -0.05) is 0 Å². The van der Waals surface area contributed by atoms with E-state index in [0.717, 1.165) is 11.5 Å². The van der Waals surface area contributed by atoms with Crippen LogP contribution in [-0.4, -0.2) is 19.7 Å². The first-order chi connectivity index (χ1) is 7.61. The van der Waals surface area contributed by atoms with Gasteiger partial charge in [-0.25, -0.2) is 9.97 Å². The van der Waals surface area contributed by atoms with Crippen LogP contribution in [0.4, 0.5) is 0 Å². The van der Waals surface area contributed by atoms with E-state index < -0.39 is 0 Å². The summed E-state index contributed by atoms with van der Waals surface area (Å²) in [6.07, 6.45) is 0. The molecule has 0 aliphatic heterocycles. The summed E-state index contributed by atoms with van der Waals surface area (Å²) in [4.78, 5) is 8.52. The first-order valence-electron chi connectivity index (χ1n) is 4.90. The summed E-state index contributed by atoms with van der Waals surface area (Å²) in [6, 6.07) is 5.66. The Morgan fingerprint density at radius 3 is 2.50 bits per heavy atom. The predicted octanol–water partition coefficient (Wildman–Crippen LogP) is 1.46. The van der Waals surface area contributed by atoms with E-state index in [4.69, 9.17) is 5.26 Å². The van der Waals surface area contributed by atoms with Gasteiger partial charge in [0.1, 0.15) is 17.7 Å². The summed E-state index contributed by atoms with van der Waals surface area (Å²) in [5.74, 6) is 1.94. The molecule has 0 atom stereocenters. The van der Waals surface area contributed by atoms with Crippen molar-refractivity contribution in [3.63, 3.8) is 0 Å². The molecule has 0 radical (unpaired) electrons. The van der Waals surface area contributed by atoms with Gasteiger partial charge in [0.15, 0.2) is 5.82 Å². The zero-order chi connectivity index (χ0) is 11.7. The molecule has 0 saturated carbocycles. The molecule has 0 aliphatic carbocycles. The fraction of sp³-hybridized carbons (Fsp3) is 0.273. The summed E-state index contributed by atoms with van der Waals surface area (Å²) in [5.41, 5.74) is 1.35. The van der Waals surface area contributed by atoms with Crippen LogP contribution in [0, 0.1) is 32.1 Å². The normalized spacial score (nSPS) is 10.1. The number of aryl methyl sites for hydroxylation is 3. The Balaban J connectivity index is 2.68. The third-order valence-electron chi connectivity index (χ3n) is 2.21. The van der Waals surface area contributed by atoms with Crippen LogP contribution < -0.4 is 0 Å². The highest BCUT2D eigenvalue weighted by molar-refractivity contribution is 5.44. The third-order valence-corrected chi connectivity index (χ3v) is 2.21. The minimum atomic E-state index is 0.499. The number of hydrogen-bond donors (Lipinski definition) is 0. The maximum atomic E-state index is 9.02. The second kappa shape index (κ2) is 3.74. The molecular weight excluding hydrogens is 202 g/mol. The third kappa shape index (κ3) is 1.65. The SMILES string of the molecule is Cc1ccc(C#N)c(-n2nc(C)nc2C)n1. The van der Waals surface area contributed by atoms with Gasteiger partial charge < -0.3 is 0 Å². The number of nitriles is 1. The standard InChI is InChI=1S/C11H11N5/c1-7-4-5-10(6-12)11(13-7)16-9(3)14-8(2)15-16/h4-5H,1-3H3. The summed E-state index contributed by atoms with van der Waals surface area (Å²) < 4.78 is 1.60. The van der Waals surface area contributed by atoms with Crippen molar-refractivity contribution in [3.8, 4) is 11.9 Å². The molecule has 0 amide bonds. The number of hydrogen-bond acceptors (Lipinski definition) is 4. The smallest absolute Gasteiger partial charge is 0.173 e. The van der Waals surface area contributed by atoms with Crippen LogP contribution in [-0.2, 0) is 0 Å². The van der Waals surface area contributed by atoms with E-state index in [9.17, 15) is 0 Å². The molecule has 0 bridgehead atoms. The van der Waals surface area contributed by atoms with E-state index in [0.29, 0.717) is 17.2 Å². The number of aromatic nitrogens is 4. The van der Waals surface area contributed by atoms with Gasteiger partial charge in [-0.05, 0) is 32.9 Å². The van der Waals surface area contributed by atoms with E-state index in [-0.39, 0.29) is 0 Å². The topological polar surface area (TPSA) is 67.4 Å². The lowest BCUT2D eigenvalue weighted by Crippen LogP contribution is -2.05. The highest BCUT2D eigenvalue weighted by Gasteiger charge is 2.11. The van der Waals surface area contributed by atoms with Gasteiger partial charge in [0.25, 0.3) is 0 Å². The second-order valence-electron chi connectivity index (χ2n) is 3.55. The molecule has 0 unspecified atom stereocenters. The summed E-state index contributed by atoms with van der Waals surface area (Å²) in [6.45, 7) is 5.53. The van der Waals surface area contributed by atoms with Gasteiger partial charge in [-0.2, -0.15) is 9.94 Å². The molecule has 2 aromatic rings. The van der Waals surface area contributed by atoms with E-state index in [1.165, 1.54) is 0 Å². The maximum absolute atomic E-state index is 9.02. The molecule has 5 nitrogen and oxygen atoms in total. The number of pyridine rings is 1. The molecule has 0 spiro atoms. The highest BCUT2D eigenvalue weighted by Crippen LogP contribution is 2.12. The molecular formula is C11H11N5. The van der Waals surface area contributed by atoms with Crippen LogP contribution in [0.3, 0.4) is 0 Å². The molecule has 5 heteroatoms. The van der Waals surface area contributed by atoms with Crippen molar-refractivity contribution in [2.45, 2.75) is 20.8 Å². The van der Waals surface area contributed by atoms with E-state index in [1.54, 1.807) is 16.8 Å². The minimum Gasteiger partial charge on any atom is -0.233 e. The average molecular weight is 213 g/mol. The molecule has 0 fully saturated rings. The van der Waals surface area contributed by atoms with Crippen LogP contribution in [0.15, 0.2) is 12.1 Å². The maximum Gasteiger partial charge on any atom is 0.173 e. The lowest BCUT2D eigenvalue weighted by atomic mass is 10.2. The van der Waals surface area contributed by atoms with Gasteiger partial charge in [0, 0.05) is 5.69 Å². The second-order valence-corrected chi connectivity index (χ2v) is 3.55. The van der Waals surface area contributed by atoms with Crippen LogP contribution in [0.25, 0.3) is 5.82 Å². The van der Waals surface area contributed by atoms with Crippen molar-refractivity contribution in [3.05, 3.63) is 35.0 Å². The van der Waals surface area contributed by atoms with Gasteiger partial charge in [-0.3, -0.25) is 0 Å². The van der Waals surface area contributed by atoms with Crippen molar-refractivity contribution in [2.75, 3.05) is 0 Å². The summed E-state index contributed by atoms with van der Waals surface area (Å²) >= 11 is 0.